The van der Waals surface area contributed by atoms with Gasteiger partial charge in [-0.05, 0) is 30.3 Å². The predicted octanol–water partition coefficient (Wildman–Crippen LogP) is 2.06. The van der Waals surface area contributed by atoms with Crippen molar-refractivity contribution in [1.82, 2.24) is 14.2 Å². The fourth-order valence-corrected chi connectivity index (χ4v) is 4.54. The quantitative estimate of drug-likeness (QED) is 0.628. The minimum Gasteiger partial charge on any atom is -0.467 e. The molecular formula is C19H21N3O6S. The number of carbonyl (C=O) groups is 1. The molecule has 1 saturated heterocycles. The molecule has 1 amide bonds. The molecule has 0 bridgehead atoms. The maximum atomic E-state index is 13.1. The Balaban J connectivity index is 1.56. The minimum absolute atomic E-state index is 0.0543. The molecular weight excluding hydrogens is 398 g/mol. The molecule has 1 aliphatic rings. The lowest BCUT2D eigenvalue weighted by Gasteiger charge is -2.25. The van der Waals surface area contributed by atoms with Crippen LogP contribution in [0.25, 0.3) is 0 Å². The number of amides is 1. The van der Waals surface area contributed by atoms with E-state index in [1.165, 1.54) is 34.0 Å². The Bertz CT molecular complexity index is 998. The largest absolute Gasteiger partial charge is 0.467 e. The monoisotopic (exact) mass is 419 g/mol. The van der Waals surface area contributed by atoms with Crippen molar-refractivity contribution in [3.05, 3.63) is 66.3 Å². The number of hydrogen-bond acceptors (Lipinski definition) is 6. The molecule has 10 heteroatoms. The molecule has 154 valence electrons. The lowest BCUT2D eigenvalue weighted by molar-refractivity contribution is 0.0699. The Morgan fingerprint density at radius 1 is 1.07 bits per heavy atom. The summed E-state index contributed by atoms with van der Waals surface area (Å²) in [6.07, 6.45) is 4.41. The highest BCUT2D eigenvalue weighted by molar-refractivity contribution is 7.89. The average molecular weight is 419 g/mol. The van der Waals surface area contributed by atoms with Crippen molar-refractivity contribution in [3.8, 4) is 0 Å². The summed E-state index contributed by atoms with van der Waals surface area (Å²) in [5.41, 5.74) is 0.176. The second kappa shape index (κ2) is 8.27. The van der Waals surface area contributed by atoms with Crippen molar-refractivity contribution < 1.29 is 26.8 Å². The highest BCUT2D eigenvalue weighted by Crippen LogP contribution is 2.20. The first-order chi connectivity index (χ1) is 14.0. The van der Waals surface area contributed by atoms with Crippen LogP contribution in [-0.4, -0.2) is 54.8 Å². The summed E-state index contributed by atoms with van der Waals surface area (Å²) in [6, 6.07) is 8.39. The van der Waals surface area contributed by atoms with E-state index < -0.39 is 10.0 Å². The highest BCUT2D eigenvalue weighted by Gasteiger charge is 2.29. The molecule has 29 heavy (non-hydrogen) atoms. The molecule has 0 aliphatic carbocycles. The molecule has 3 aromatic heterocycles. The number of aromatic amines is 1. The maximum absolute atomic E-state index is 13.1. The first kappa shape index (κ1) is 19.5. The Morgan fingerprint density at radius 3 is 2.24 bits per heavy atom. The van der Waals surface area contributed by atoms with Gasteiger partial charge in [0.1, 0.15) is 22.1 Å². The molecule has 1 aliphatic heterocycles. The number of carbonyl (C=O) groups excluding carboxylic acids is 1. The van der Waals surface area contributed by atoms with E-state index in [1.807, 2.05) is 0 Å². The van der Waals surface area contributed by atoms with Crippen LogP contribution < -0.4 is 0 Å². The average Bonchev–Trinajstić information content (AvgIpc) is 3.50. The first-order valence-electron chi connectivity index (χ1n) is 9.14. The Morgan fingerprint density at radius 2 is 1.69 bits per heavy atom. The third-order valence-corrected chi connectivity index (χ3v) is 6.51. The number of furan rings is 2. The molecule has 4 heterocycles. The first-order valence-corrected chi connectivity index (χ1v) is 10.6. The summed E-state index contributed by atoms with van der Waals surface area (Å²) in [5, 5.41) is 0. The van der Waals surface area contributed by atoms with Crippen molar-refractivity contribution in [2.75, 3.05) is 26.3 Å². The number of aromatic nitrogens is 1. The van der Waals surface area contributed by atoms with Gasteiger partial charge in [0.25, 0.3) is 5.91 Å². The summed E-state index contributed by atoms with van der Waals surface area (Å²) >= 11 is 0. The van der Waals surface area contributed by atoms with Gasteiger partial charge < -0.3 is 23.5 Å². The van der Waals surface area contributed by atoms with Gasteiger partial charge in [-0.1, -0.05) is 0 Å². The second-order valence-corrected chi connectivity index (χ2v) is 8.52. The number of H-pyrrole nitrogens is 1. The van der Waals surface area contributed by atoms with E-state index in [1.54, 1.807) is 24.3 Å². The summed E-state index contributed by atoms with van der Waals surface area (Å²) < 4.78 is 42.9. The summed E-state index contributed by atoms with van der Waals surface area (Å²) in [4.78, 5) is 17.5. The summed E-state index contributed by atoms with van der Waals surface area (Å²) in [6.45, 7) is 1.74. The van der Waals surface area contributed by atoms with E-state index in [0.717, 1.165) is 0 Å². The van der Waals surface area contributed by atoms with Crippen molar-refractivity contribution >= 4 is 15.9 Å². The third-order valence-electron chi connectivity index (χ3n) is 4.64. The number of hydrogen-bond donors (Lipinski definition) is 1. The molecule has 0 spiro atoms. The summed E-state index contributed by atoms with van der Waals surface area (Å²) in [7, 11) is -3.69. The highest BCUT2D eigenvalue weighted by atomic mass is 32.2. The topological polar surface area (TPSA) is 109 Å². The Kier molecular flexibility index (Phi) is 5.56. The Hall–Kier alpha value is -2.82. The minimum atomic E-state index is -3.69. The molecule has 1 N–H and O–H groups in total. The van der Waals surface area contributed by atoms with Crippen LogP contribution in [-0.2, 0) is 27.8 Å². The molecule has 0 radical (unpaired) electrons. The molecule has 3 aromatic rings. The molecule has 1 fully saturated rings. The summed E-state index contributed by atoms with van der Waals surface area (Å²) in [5.74, 6) is 0.858. The third kappa shape index (κ3) is 4.29. The SMILES string of the molecule is O=C(c1cc(S(=O)(=O)N2CCOCC2)c[nH]1)N(Cc1ccco1)Cc1ccco1. The normalized spacial score (nSPS) is 15.4. The Labute approximate surface area is 167 Å². The van der Waals surface area contributed by atoms with Gasteiger partial charge in [0.15, 0.2) is 0 Å². The van der Waals surface area contributed by atoms with Crippen LogP contribution in [0.15, 0.2) is 62.8 Å². The smallest absolute Gasteiger partial charge is 0.271 e. The van der Waals surface area contributed by atoms with Gasteiger partial charge in [0.2, 0.25) is 10.0 Å². The van der Waals surface area contributed by atoms with Crippen molar-refractivity contribution in [2.45, 2.75) is 18.0 Å². The van der Waals surface area contributed by atoms with Crippen LogP contribution in [0.1, 0.15) is 22.0 Å². The van der Waals surface area contributed by atoms with E-state index in [4.69, 9.17) is 13.6 Å². The van der Waals surface area contributed by atoms with E-state index in [2.05, 4.69) is 4.98 Å². The fraction of sp³-hybridized carbons (Fsp3) is 0.316. The van der Waals surface area contributed by atoms with Gasteiger partial charge in [-0.15, -0.1) is 0 Å². The number of ether oxygens (including phenoxy) is 1. The van der Waals surface area contributed by atoms with Crippen LogP contribution in [0.2, 0.25) is 0 Å². The lowest BCUT2D eigenvalue weighted by Crippen LogP contribution is -2.40. The van der Waals surface area contributed by atoms with Crippen LogP contribution >= 0.6 is 0 Å². The zero-order valence-corrected chi connectivity index (χ0v) is 16.4. The zero-order valence-electron chi connectivity index (χ0n) is 15.6. The molecule has 0 atom stereocenters. The van der Waals surface area contributed by atoms with Crippen molar-refractivity contribution in [2.24, 2.45) is 0 Å². The van der Waals surface area contributed by atoms with Crippen LogP contribution in [0.5, 0.6) is 0 Å². The van der Waals surface area contributed by atoms with Crippen LogP contribution in [0, 0.1) is 0 Å². The van der Waals surface area contributed by atoms with E-state index in [0.29, 0.717) is 37.8 Å². The van der Waals surface area contributed by atoms with Crippen LogP contribution in [0.4, 0.5) is 0 Å². The van der Waals surface area contributed by atoms with Crippen molar-refractivity contribution in [3.63, 3.8) is 0 Å². The number of nitrogens with zero attached hydrogens (tertiary/aromatic N) is 2. The van der Waals surface area contributed by atoms with Crippen LogP contribution in [0.3, 0.4) is 0 Å². The van der Waals surface area contributed by atoms with Gasteiger partial charge in [-0.2, -0.15) is 4.31 Å². The van der Waals surface area contributed by atoms with Gasteiger partial charge in [-0.3, -0.25) is 4.79 Å². The van der Waals surface area contributed by atoms with Gasteiger partial charge in [-0.25, -0.2) is 8.42 Å². The molecule has 0 saturated carbocycles. The second-order valence-electron chi connectivity index (χ2n) is 6.59. The van der Waals surface area contributed by atoms with Gasteiger partial charge in [0, 0.05) is 19.3 Å². The number of sulfonamides is 1. The fourth-order valence-electron chi connectivity index (χ4n) is 3.13. The van der Waals surface area contributed by atoms with E-state index >= 15 is 0 Å². The van der Waals surface area contributed by atoms with E-state index in [-0.39, 0.29) is 29.6 Å². The lowest BCUT2D eigenvalue weighted by atomic mass is 10.3. The predicted molar refractivity (Wildman–Crippen MR) is 101 cm³/mol. The van der Waals surface area contributed by atoms with E-state index in [9.17, 15) is 13.2 Å². The number of morpholine rings is 1. The number of nitrogens with one attached hydrogen (secondary N) is 1. The van der Waals surface area contributed by atoms with Gasteiger partial charge >= 0.3 is 0 Å². The number of rotatable bonds is 7. The molecule has 9 nitrogen and oxygen atoms in total. The zero-order chi connectivity index (χ0) is 20.3. The van der Waals surface area contributed by atoms with Gasteiger partial charge in [0.05, 0.1) is 38.8 Å². The molecule has 0 unspecified atom stereocenters. The van der Waals surface area contributed by atoms with Crippen molar-refractivity contribution in [1.29, 1.82) is 0 Å². The standard InChI is InChI=1S/C19H21N3O6S/c23-19(21(13-15-3-1-7-27-15)14-16-4-2-8-28-16)18-11-17(12-20-18)29(24,25)22-5-9-26-10-6-22/h1-4,7-8,11-12,20H,5-6,9-10,13-14H2. The molecule has 0 aromatic carbocycles. The maximum Gasteiger partial charge on any atom is 0.271 e. The molecule has 4 rings (SSSR count).